The van der Waals surface area contributed by atoms with Crippen LogP contribution in [0.3, 0.4) is 0 Å². The van der Waals surface area contributed by atoms with Crippen LogP contribution in [0.4, 0.5) is 4.79 Å². The molecule has 1 saturated heterocycles. The largest absolute Gasteiger partial charge is 0.353 e. The van der Waals surface area contributed by atoms with E-state index in [-0.39, 0.29) is 23.9 Å². The number of aromatic nitrogens is 3. The summed E-state index contributed by atoms with van der Waals surface area (Å²) in [6, 6.07) is 10.3. The lowest BCUT2D eigenvalue weighted by Crippen LogP contribution is -2.47. The van der Waals surface area contributed by atoms with Crippen LogP contribution in [0.25, 0.3) is 11.4 Å². The Labute approximate surface area is 177 Å². The second-order valence-electron chi connectivity index (χ2n) is 8.43. The molecule has 4 rings (SSSR count). The van der Waals surface area contributed by atoms with Gasteiger partial charge in [-0.2, -0.15) is 0 Å². The van der Waals surface area contributed by atoms with E-state index in [4.69, 9.17) is 0 Å². The van der Waals surface area contributed by atoms with Crippen LogP contribution in [0.2, 0.25) is 0 Å². The van der Waals surface area contributed by atoms with Crippen molar-refractivity contribution < 1.29 is 9.59 Å². The average Bonchev–Trinajstić information content (AvgIpc) is 3.08. The molecule has 0 aliphatic carbocycles. The molecule has 0 bridgehead atoms. The van der Waals surface area contributed by atoms with Gasteiger partial charge in [0.05, 0.1) is 0 Å². The lowest BCUT2D eigenvalue weighted by molar-refractivity contribution is -0.127. The van der Waals surface area contributed by atoms with Gasteiger partial charge in [0, 0.05) is 57.7 Å². The molecule has 1 aromatic carbocycles. The molecule has 0 saturated carbocycles. The van der Waals surface area contributed by atoms with Crippen molar-refractivity contribution in [2.75, 3.05) is 27.2 Å². The molecule has 160 valence electrons. The maximum absolute atomic E-state index is 12.8. The van der Waals surface area contributed by atoms with Gasteiger partial charge < -0.3 is 19.7 Å². The number of nitrogens with one attached hydrogen (secondary N) is 1. The van der Waals surface area contributed by atoms with Crippen LogP contribution in [0.1, 0.15) is 31.5 Å². The third kappa shape index (κ3) is 4.32. The van der Waals surface area contributed by atoms with E-state index < -0.39 is 0 Å². The molecule has 1 fully saturated rings. The number of piperidine rings is 1. The summed E-state index contributed by atoms with van der Waals surface area (Å²) in [6.07, 6.45) is 4.00. The SMILES string of the molecule is CN(C)C(=O)N1CCC(C(=O)NC2CCc3nnc(-c4ccccc4)n3CC2)CC1. The first-order valence-electron chi connectivity index (χ1n) is 10.8. The fourth-order valence-electron chi connectivity index (χ4n) is 4.37. The van der Waals surface area contributed by atoms with E-state index in [9.17, 15) is 9.59 Å². The van der Waals surface area contributed by atoms with Crippen molar-refractivity contribution >= 4 is 11.9 Å². The lowest BCUT2D eigenvalue weighted by atomic mass is 9.95. The third-order valence-electron chi connectivity index (χ3n) is 6.14. The van der Waals surface area contributed by atoms with Crippen molar-refractivity contribution in [2.24, 2.45) is 5.92 Å². The first-order chi connectivity index (χ1) is 14.5. The zero-order chi connectivity index (χ0) is 21.1. The van der Waals surface area contributed by atoms with Crippen molar-refractivity contribution in [1.29, 1.82) is 0 Å². The smallest absolute Gasteiger partial charge is 0.319 e. The van der Waals surface area contributed by atoms with Crippen molar-refractivity contribution in [1.82, 2.24) is 29.9 Å². The predicted octanol–water partition coefficient (Wildman–Crippen LogP) is 2.16. The highest BCUT2D eigenvalue weighted by molar-refractivity contribution is 5.80. The number of aryl methyl sites for hydroxylation is 1. The number of fused-ring (bicyclic) bond motifs is 1. The normalized spacial score (nSPS) is 19.7. The van der Waals surface area contributed by atoms with E-state index in [0.717, 1.165) is 55.9 Å². The van der Waals surface area contributed by atoms with Gasteiger partial charge in [-0.15, -0.1) is 10.2 Å². The summed E-state index contributed by atoms with van der Waals surface area (Å²) in [4.78, 5) is 28.3. The van der Waals surface area contributed by atoms with Gasteiger partial charge in [0.25, 0.3) is 0 Å². The van der Waals surface area contributed by atoms with Gasteiger partial charge in [-0.05, 0) is 25.7 Å². The molecule has 1 atom stereocenters. The monoisotopic (exact) mass is 410 g/mol. The number of benzene rings is 1. The summed E-state index contributed by atoms with van der Waals surface area (Å²) in [5.74, 6) is 1.99. The van der Waals surface area contributed by atoms with Gasteiger partial charge >= 0.3 is 6.03 Å². The maximum atomic E-state index is 12.8. The van der Waals surface area contributed by atoms with Crippen molar-refractivity contribution in [3.05, 3.63) is 36.2 Å². The molecule has 3 amide bonds. The van der Waals surface area contributed by atoms with Gasteiger partial charge in [0.2, 0.25) is 5.91 Å². The summed E-state index contributed by atoms with van der Waals surface area (Å²) in [6.45, 7) is 2.08. The molecule has 2 aliphatic heterocycles. The number of urea groups is 1. The average molecular weight is 411 g/mol. The third-order valence-corrected chi connectivity index (χ3v) is 6.14. The molecule has 0 radical (unpaired) electrons. The predicted molar refractivity (Wildman–Crippen MR) is 114 cm³/mol. The van der Waals surface area contributed by atoms with E-state index in [1.165, 1.54) is 0 Å². The molecule has 3 heterocycles. The number of rotatable bonds is 3. The molecular formula is C22H30N6O2. The quantitative estimate of drug-likeness (QED) is 0.841. The number of carbonyl (C=O) groups is 2. The van der Waals surface area contributed by atoms with E-state index >= 15 is 0 Å². The zero-order valence-corrected chi connectivity index (χ0v) is 17.8. The molecule has 8 nitrogen and oxygen atoms in total. The van der Waals surface area contributed by atoms with E-state index in [0.29, 0.717) is 13.1 Å². The fourth-order valence-corrected chi connectivity index (χ4v) is 4.37. The Morgan fingerprint density at radius 2 is 1.73 bits per heavy atom. The van der Waals surface area contributed by atoms with Gasteiger partial charge in [-0.3, -0.25) is 4.79 Å². The zero-order valence-electron chi connectivity index (χ0n) is 17.8. The van der Waals surface area contributed by atoms with Crippen molar-refractivity contribution in [3.63, 3.8) is 0 Å². The van der Waals surface area contributed by atoms with E-state index in [2.05, 4.69) is 32.2 Å². The summed E-state index contributed by atoms with van der Waals surface area (Å²) in [7, 11) is 3.52. The number of hydrogen-bond acceptors (Lipinski definition) is 4. The molecular weight excluding hydrogens is 380 g/mol. The van der Waals surface area contributed by atoms with Crippen molar-refractivity contribution in [2.45, 2.75) is 44.7 Å². The van der Waals surface area contributed by atoms with E-state index in [1.54, 1.807) is 19.0 Å². The van der Waals surface area contributed by atoms with Gasteiger partial charge in [0.1, 0.15) is 5.82 Å². The van der Waals surface area contributed by atoms with Crippen molar-refractivity contribution in [3.8, 4) is 11.4 Å². The highest BCUT2D eigenvalue weighted by atomic mass is 16.2. The van der Waals surface area contributed by atoms with Crippen LogP contribution < -0.4 is 5.32 Å². The molecule has 2 aromatic rings. The van der Waals surface area contributed by atoms with Crippen LogP contribution in [-0.2, 0) is 17.8 Å². The number of likely N-dealkylation sites (tertiary alicyclic amines) is 1. The molecule has 30 heavy (non-hydrogen) atoms. The minimum atomic E-state index is -0.0157. The minimum Gasteiger partial charge on any atom is -0.353 e. The number of carbonyl (C=O) groups excluding carboxylic acids is 2. The van der Waals surface area contributed by atoms with Gasteiger partial charge in [0.15, 0.2) is 5.82 Å². The Hall–Kier alpha value is -2.90. The molecule has 2 aliphatic rings. The Morgan fingerprint density at radius 1 is 1.00 bits per heavy atom. The molecule has 8 heteroatoms. The van der Waals surface area contributed by atoms with Gasteiger partial charge in [-0.25, -0.2) is 4.79 Å². The summed E-state index contributed by atoms with van der Waals surface area (Å²) < 4.78 is 2.19. The Bertz CT molecular complexity index is 886. The maximum Gasteiger partial charge on any atom is 0.319 e. The summed E-state index contributed by atoms with van der Waals surface area (Å²) in [5, 5.41) is 12.1. The van der Waals surface area contributed by atoms with Crippen LogP contribution in [0.15, 0.2) is 30.3 Å². The highest BCUT2D eigenvalue weighted by Crippen LogP contribution is 2.24. The summed E-state index contributed by atoms with van der Waals surface area (Å²) >= 11 is 0. The van der Waals surface area contributed by atoms with Crippen LogP contribution in [0.5, 0.6) is 0 Å². The molecule has 0 spiro atoms. The Morgan fingerprint density at radius 3 is 2.43 bits per heavy atom. The standard InChI is InChI=1S/C22H30N6O2/c1-26(2)22(30)27-13-10-17(11-14-27)21(29)23-18-8-9-19-24-25-20(28(19)15-12-18)16-6-4-3-5-7-16/h3-7,17-18H,8-15H2,1-2H3,(H,23,29). The van der Waals surface area contributed by atoms with Crippen LogP contribution in [0, 0.1) is 5.92 Å². The van der Waals surface area contributed by atoms with Crippen LogP contribution in [-0.4, -0.2) is 69.7 Å². The fraction of sp³-hybridized carbons (Fsp3) is 0.545. The molecule has 1 unspecified atom stereocenters. The molecule has 1 aromatic heterocycles. The second-order valence-corrected chi connectivity index (χ2v) is 8.43. The molecule has 1 N–H and O–H groups in total. The first kappa shape index (κ1) is 20.4. The minimum absolute atomic E-state index is 0.0157. The highest BCUT2D eigenvalue weighted by Gasteiger charge is 2.30. The van der Waals surface area contributed by atoms with E-state index in [1.807, 2.05) is 23.1 Å². The summed E-state index contributed by atoms with van der Waals surface area (Å²) in [5.41, 5.74) is 1.07. The van der Waals surface area contributed by atoms with Crippen LogP contribution >= 0.6 is 0 Å². The Balaban J connectivity index is 1.32. The number of amides is 3. The Kier molecular flexibility index (Phi) is 6.01. The second kappa shape index (κ2) is 8.85. The van der Waals surface area contributed by atoms with Gasteiger partial charge in [-0.1, -0.05) is 30.3 Å². The lowest BCUT2D eigenvalue weighted by Gasteiger charge is -2.33. The first-order valence-corrected chi connectivity index (χ1v) is 10.8. The topological polar surface area (TPSA) is 83.4 Å². The number of hydrogen-bond donors (Lipinski definition) is 1. The number of nitrogens with zero attached hydrogens (tertiary/aromatic N) is 5.